The van der Waals surface area contributed by atoms with E-state index in [4.69, 9.17) is 6.11 Å². The molecule has 1 amide bonds. The zero-order valence-corrected chi connectivity index (χ0v) is 9.79. The molecule has 2 heterocycles. The summed E-state index contributed by atoms with van der Waals surface area (Å²) in [6.07, 6.45) is -0.709. The van der Waals surface area contributed by atoms with Crippen molar-refractivity contribution in [3.63, 3.8) is 0 Å². The van der Waals surface area contributed by atoms with Crippen LogP contribution in [0, 0.1) is 5.41 Å². The third-order valence-electron chi connectivity index (χ3n) is 4.37. The standard InChI is InChI=1S/C12H16FNO3/c1-2-17-10(16)12-5-8(13)7-14(12)9(15)6-11(12)3-4-11/h8H,2-7H2,1H3/t8-,12+/m1/s1/i8D. The molecular weight excluding hydrogens is 225 g/mol. The first kappa shape index (κ1) is 9.85. The molecule has 0 radical (unpaired) electrons. The maximum absolute atomic E-state index is 14.0. The third-order valence-corrected chi connectivity index (χ3v) is 4.37. The van der Waals surface area contributed by atoms with Crippen LogP contribution in [0.25, 0.3) is 0 Å². The van der Waals surface area contributed by atoms with E-state index in [1.54, 1.807) is 6.92 Å². The molecule has 2 atom stereocenters. The van der Waals surface area contributed by atoms with Crippen molar-refractivity contribution < 1.29 is 20.1 Å². The average Bonchev–Trinajstić information content (AvgIpc) is 2.92. The van der Waals surface area contributed by atoms with Crippen molar-refractivity contribution in [2.24, 2.45) is 5.41 Å². The van der Waals surface area contributed by atoms with Crippen LogP contribution in [-0.4, -0.2) is 41.6 Å². The van der Waals surface area contributed by atoms with Crippen LogP contribution in [0.1, 0.15) is 34.0 Å². The van der Waals surface area contributed by atoms with Gasteiger partial charge in [0.15, 0.2) is 0 Å². The number of halogens is 1. The summed E-state index contributed by atoms with van der Waals surface area (Å²) in [4.78, 5) is 25.5. The second-order valence-electron chi connectivity index (χ2n) is 5.21. The minimum atomic E-state index is -2.24. The van der Waals surface area contributed by atoms with E-state index in [1.165, 1.54) is 4.90 Å². The van der Waals surface area contributed by atoms with Crippen molar-refractivity contribution >= 4 is 11.9 Å². The van der Waals surface area contributed by atoms with Crippen molar-refractivity contribution in [2.75, 3.05) is 13.2 Å². The zero-order valence-electron chi connectivity index (χ0n) is 10.8. The van der Waals surface area contributed by atoms with Crippen LogP contribution in [-0.2, 0) is 14.3 Å². The molecule has 3 fully saturated rings. The fraction of sp³-hybridized carbons (Fsp3) is 0.833. The van der Waals surface area contributed by atoms with Crippen LogP contribution < -0.4 is 0 Å². The number of esters is 1. The van der Waals surface area contributed by atoms with Gasteiger partial charge >= 0.3 is 5.97 Å². The first-order valence-corrected chi connectivity index (χ1v) is 6.04. The molecule has 1 aliphatic carbocycles. The minimum Gasteiger partial charge on any atom is -0.464 e. The monoisotopic (exact) mass is 242 g/mol. The Morgan fingerprint density at radius 2 is 2.41 bits per heavy atom. The number of amides is 1. The predicted octanol–water partition coefficient (Wildman–Crippen LogP) is 1.04. The number of hydrogen-bond donors (Lipinski definition) is 0. The van der Waals surface area contributed by atoms with Gasteiger partial charge in [-0.15, -0.1) is 0 Å². The van der Waals surface area contributed by atoms with E-state index in [9.17, 15) is 14.0 Å². The smallest absolute Gasteiger partial charge is 0.332 e. The molecule has 17 heavy (non-hydrogen) atoms. The Morgan fingerprint density at radius 3 is 3.00 bits per heavy atom. The normalized spacial score (nSPS) is 42.6. The second kappa shape index (κ2) is 3.21. The quantitative estimate of drug-likeness (QED) is 0.680. The Balaban J connectivity index is 2.05. The van der Waals surface area contributed by atoms with E-state index in [0.29, 0.717) is 6.42 Å². The van der Waals surface area contributed by atoms with E-state index in [2.05, 4.69) is 0 Å². The third kappa shape index (κ3) is 1.17. The van der Waals surface area contributed by atoms with E-state index >= 15 is 0 Å². The van der Waals surface area contributed by atoms with Crippen LogP contribution in [0.4, 0.5) is 4.39 Å². The largest absolute Gasteiger partial charge is 0.464 e. The number of hydrogen-bond acceptors (Lipinski definition) is 3. The van der Waals surface area contributed by atoms with Gasteiger partial charge in [-0.3, -0.25) is 4.79 Å². The van der Waals surface area contributed by atoms with Gasteiger partial charge in [-0.1, -0.05) is 0 Å². The van der Waals surface area contributed by atoms with E-state index in [0.717, 1.165) is 12.8 Å². The average molecular weight is 242 g/mol. The second-order valence-corrected chi connectivity index (χ2v) is 5.21. The Kier molecular flexibility index (Phi) is 1.86. The molecule has 5 heteroatoms. The fourth-order valence-corrected chi connectivity index (χ4v) is 3.43. The summed E-state index contributed by atoms with van der Waals surface area (Å²) in [5.41, 5.74) is -1.68. The molecule has 0 bridgehead atoms. The molecule has 4 nitrogen and oxygen atoms in total. The highest BCUT2D eigenvalue weighted by Gasteiger charge is 2.75. The topological polar surface area (TPSA) is 46.6 Å². The lowest BCUT2D eigenvalue weighted by molar-refractivity contribution is -0.160. The van der Waals surface area contributed by atoms with Gasteiger partial charge in [0, 0.05) is 18.3 Å². The van der Waals surface area contributed by atoms with Gasteiger partial charge in [0.25, 0.3) is 0 Å². The van der Waals surface area contributed by atoms with Gasteiger partial charge in [0.2, 0.25) is 5.91 Å². The van der Waals surface area contributed by atoms with Crippen LogP contribution in [0.5, 0.6) is 0 Å². The Hall–Kier alpha value is -1.13. The highest BCUT2D eigenvalue weighted by atomic mass is 19.1. The van der Waals surface area contributed by atoms with Gasteiger partial charge in [-0.05, 0) is 19.8 Å². The summed E-state index contributed by atoms with van der Waals surface area (Å²) in [6, 6.07) is 0. The number of carbonyl (C=O) groups is 2. The van der Waals surface area contributed by atoms with E-state index in [1.807, 2.05) is 0 Å². The summed E-state index contributed by atoms with van der Waals surface area (Å²) in [5, 5.41) is 0. The number of ether oxygens (including phenoxy) is 1. The highest BCUT2D eigenvalue weighted by Crippen LogP contribution is 2.66. The first-order valence-electron chi connectivity index (χ1n) is 6.54. The van der Waals surface area contributed by atoms with Gasteiger partial charge in [-0.25, -0.2) is 9.18 Å². The fourth-order valence-electron chi connectivity index (χ4n) is 3.43. The molecule has 3 rings (SSSR count). The zero-order chi connectivity index (χ0) is 13.2. The van der Waals surface area contributed by atoms with Crippen molar-refractivity contribution in [1.29, 1.82) is 0 Å². The SMILES string of the molecule is [2H][C@]1(F)CN2C(=O)CC3(CC3)[C@@]2(C(=O)OCC)C1. The number of carbonyl (C=O) groups excluding carboxylic acids is 2. The first-order chi connectivity index (χ1) is 8.37. The number of fused-ring (bicyclic) bond motifs is 2. The lowest BCUT2D eigenvalue weighted by atomic mass is 9.79. The maximum Gasteiger partial charge on any atom is 0.332 e. The van der Waals surface area contributed by atoms with Crippen molar-refractivity contribution in [2.45, 2.75) is 44.3 Å². The summed E-state index contributed by atoms with van der Waals surface area (Å²) in [6.45, 7) is 1.58. The molecule has 1 spiro atoms. The molecular formula is C12H16FNO3. The Labute approximate surface area is 101 Å². The van der Waals surface area contributed by atoms with Crippen molar-refractivity contribution in [3.8, 4) is 0 Å². The molecule has 0 N–H and O–H groups in total. The van der Waals surface area contributed by atoms with Crippen LogP contribution in [0.15, 0.2) is 0 Å². The van der Waals surface area contributed by atoms with Crippen LogP contribution in [0.2, 0.25) is 0 Å². The molecule has 3 aliphatic rings. The van der Waals surface area contributed by atoms with Crippen LogP contribution in [0.3, 0.4) is 0 Å². The number of nitrogens with zero attached hydrogens (tertiary/aromatic N) is 1. The molecule has 0 aromatic rings. The molecule has 2 saturated heterocycles. The molecule has 1 saturated carbocycles. The van der Waals surface area contributed by atoms with Gasteiger partial charge in [-0.2, -0.15) is 0 Å². The Morgan fingerprint density at radius 1 is 1.71 bits per heavy atom. The van der Waals surface area contributed by atoms with Gasteiger partial charge in [0.1, 0.15) is 11.7 Å². The van der Waals surface area contributed by atoms with E-state index < -0.39 is 23.1 Å². The minimum absolute atomic E-state index is 0.204. The summed E-state index contributed by atoms with van der Waals surface area (Å²) >= 11 is 0. The molecule has 94 valence electrons. The Bertz CT molecular complexity index is 435. The van der Waals surface area contributed by atoms with Crippen molar-refractivity contribution in [1.82, 2.24) is 4.90 Å². The number of rotatable bonds is 2. The molecule has 0 aromatic carbocycles. The van der Waals surface area contributed by atoms with Crippen LogP contribution >= 0.6 is 0 Å². The maximum atomic E-state index is 14.0. The molecule has 0 aromatic heterocycles. The van der Waals surface area contributed by atoms with Gasteiger partial charge in [0.05, 0.1) is 14.5 Å². The van der Waals surface area contributed by atoms with Gasteiger partial charge < -0.3 is 9.64 Å². The van der Waals surface area contributed by atoms with Crippen molar-refractivity contribution in [3.05, 3.63) is 0 Å². The lowest BCUT2D eigenvalue weighted by Gasteiger charge is -2.34. The number of alkyl halides is 1. The molecule has 2 aliphatic heterocycles. The van der Waals surface area contributed by atoms with E-state index in [-0.39, 0.29) is 25.5 Å². The highest BCUT2D eigenvalue weighted by molar-refractivity contribution is 5.95. The summed E-state index contributed by atoms with van der Waals surface area (Å²) in [7, 11) is 0. The lowest BCUT2D eigenvalue weighted by Crippen LogP contribution is -2.53. The molecule has 0 unspecified atom stereocenters. The summed E-state index contributed by atoms with van der Waals surface area (Å²) < 4.78 is 26.6. The summed E-state index contributed by atoms with van der Waals surface area (Å²) in [5.74, 6) is -0.743. The predicted molar refractivity (Wildman–Crippen MR) is 56.9 cm³/mol.